The zero-order valence-corrected chi connectivity index (χ0v) is 13.0. The number of phenols is 1. The molecule has 5 nitrogen and oxygen atoms in total. The van der Waals surface area contributed by atoms with Crippen LogP contribution in [0.5, 0.6) is 11.5 Å². The van der Waals surface area contributed by atoms with Gasteiger partial charge in [0.1, 0.15) is 17.1 Å². The van der Waals surface area contributed by atoms with Gasteiger partial charge in [0.2, 0.25) is 0 Å². The fraction of sp³-hybridized carbons (Fsp3) is 0.412. The van der Waals surface area contributed by atoms with Crippen molar-refractivity contribution in [2.24, 2.45) is 5.92 Å². The number of fused-ring (bicyclic) bond motifs is 1. The van der Waals surface area contributed by atoms with Gasteiger partial charge in [-0.25, -0.2) is 4.79 Å². The Hall–Kier alpha value is -2.30. The van der Waals surface area contributed by atoms with Gasteiger partial charge in [-0.3, -0.25) is 4.79 Å². The molecule has 0 bridgehead atoms. The standard InChI is InChI=1S/C17H20O5/c1-4-6-11-7-15(19)22-14-9-12(8-13(18)16(11)14)21-17(20)10(3)5-2/h7-10,18H,4-6H2,1-3H3. The monoisotopic (exact) mass is 304 g/mol. The zero-order chi connectivity index (χ0) is 16.3. The molecule has 1 aromatic heterocycles. The third-order valence-corrected chi connectivity index (χ3v) is 3.63. The Bertz CT molecular complexity index is 745. The van der Waals surface area contributed by atoms with Crippen molar-refractivity contribution in [2.45, 2.75) is 40.0 Å². The highest BCUT2D eigenvalue weighted by Crippen LogP contribution is 2.33. The van der Waals surface area contributed by atoms with Gasteiger partial charge in [-0.2, -0.15) is 0 Å². The Kier molecular flexibility index (Phi) is 4.85. The SMILES string of the molecule is CCCc1cc(=O)oc2cc(OC(=O)C(C)CC)cc(O)c12. The molecule has 1 heterocycles. The molecule has 0 radical (unpaired) electrons. The molecule has 0 fully saturated rings. The lowest BCUT2D eigenvalue weighted by molar-refractivity contribution is -0.138. The largest absolute Gasteiger partial charge is 0.507 e. The van der Waals surface area contributed by atoms with E-state index in [1.54, 1.807) is 6.92 Å². The Morgan fingerprint density at radius 3 is 2.68 bits per heavy atom. The number of rotatable bonds is 5. The average molecular weight is 304 g/mol. The maximum Gasteiger partial charge on any atom is 0.336 e. The van der Waals surface area contributed by atoms with Crippen molar-refractivity contribution in [2.75, 3.05) is 0 Å². The van der Waals surface area contributed by atoms with Gasteiger partial charge in [-0.15, -0.1) is 0 Å². The fourth-order valence-corrected chi connectivity index (χ4v) is 2.24. The van der Waals surface area contributed by atoms with Crippen molar-refractivity contribution >= 4 is 16.9 Å². The predicted molar refractivity (Wildman–Crippen MR) is 83.2 cm³/mol. The lowest BCUT2D eigenvalue weighted by Crippen LogP contribution is -2.16. The maximum atomic E-state index is 11.8. The maximum absolute atomic E-state index is 11.8. The first kappa shape index (κ1) is 16.1. The molecule has 0 spiro atoms. The summed E-state index contributed by atoms with van der Waals surface area (Å²) >= 11 is 0. The van der Waals surface area contributed by atoms with Crippen LogP contribution in [0.3, 0.4) is 0 Å². The first-order valence-electron chi connectivity index (χ1n) is 7.47. The molecule has 1 unspecified atom stereocenters. The molecule has 0 saturated carbocycles. The van der Waals surface area contributed by atoms with Gasteiger partial charge in [0.25, 0.3) is 0 Å². The summed E-state index contributed by atoms with van der Waals surface area (Å²) in [6.07, 6.45) is 2.15. The fourth-order valence-electron chi connectivity index (χ4n) is 2.24. The smallest absolute Gasteiger partial charge is 0.336 e. The highest BCUT2D eigenvalue weighted by Gasteiger charge is 2.16. The van der Waals surface area contributed by atoms with E-state index in [0.29, 0.717) is 18.2 Å². The predicted octanol–water partition coefficient (Wildman–Crippen LogP) is 3.40. The molecule has 0 aliphatic rings. The molecule has 0 amide bonds. The topological polar surface area (TPSA) is 76.7 Å². The van der Waals surface area contributed by atoms with Crippen LogP contribution in [-0.2, 0) is 11.2 Å². The second kappa shape index (κ2) is 6.64. The van der Waals surface area contributed by atoms with Crippen LogP contribution >= 0.6 is 0 Å². The first-order valence-corrected chi connectivity index (χ1v) is 7.47. The van der Waals surface area contributed by atoms with Gasteiger partial charge in [0, 0.05) is 18.2 Å². The minimum Gasteiger partial charge on any atom is -0.507 e. The van der Waals surface area contributed by atoms with Crippen LogP contribution in [0.25, 0.3) is 11.0 Å². The lowest BCUT2D eigenvalue weighted by Gasteiger charge is -2.11. The van der Waals surface area contributed by atoms with Crippen molar-refractivity contribution in [1.82, 2.24) is 0 Å². The van der Waals surface area contributed by atoms with E-state index in [1.165, 1.54) is 18.2 Å². The number of hydrogen-bond acceptors (Lipinski definition) is 5. The Morgan fingerprint density at radius 1 is 1.32 bits per heavy atom. The van der Waals surface area contributed by atoms with Crippen LogP contribution < -0.4 is 10.4 Å². The molecule has 1 N–H and O–H groups in total. The minimum absolute atomic E-state index is 0.0587. The van der Waals surface area contributed by atoms with E-state index in [4.69, 9.17) is 9.15 Å². The third-order valence-electron chi connectivity index (χ3n) is 3.63. The minimum atomic E-state index is -0.485. The van der Waals surface area contributed by atoms with Crippen LogP contribution in [0, 0.1) is 5.92 Å². The molecule has 0 aliphatic heterocycles. The van der Waals surface area contributed by atoms with Gasteiger partial charge in [-0.1, -0.05) is 27.2 Å². The Morgan fingerprint density at radius 2 is 2.05 bits per heavy atom. The van der Waals surface area contributed by atoms with Crippen molar-refractivity contribution < 1.29 is 19.1 Å². The van der Waals surface area contributed by atoms with Gasteiger partial charge < -0.3 is 14.3 Å². The van der Waals surface area contributed by atoms with E-state index in [9.17, 15) is 14.7 Å². The molecule has 2 aromatic rings. The quantitative estimate of drug-likeness (QED) is 0.520. The highest BCUT2D eigenvalue weighted by molar-refractivity contribution is 5.88. The summed E-state index contributed by atoms with van der Waals surface area (Å²) in [5, 5.41) is 10.7. The van der Waals surface area contributed by atoms with E-state index in [2.05, 4.69) is 0 Å². The highest BCUT2D eigenvalue weighted by atomic mass is 16.5. The Balaban J connectivity index is 2.49. The van der Waals surface area contributed by atoms with Crippen LogP contribution in [0.2, 0.25) is 0 Å². The summed E-state index contributed by atoms with van der Waals surface area (Å²) in [6, 6.07) is 4.23. The van der Waals surface area contributed by atoms with Gasteiger partial charge >= 0.3 is 11.6 Å². The average Bonchev–Trinajstić information content (AvgIpc) is 2.45. The first-order chi connectivity index (χ1) is 10.5. The van der Waals surface area contributed by atoms with Crippen LogP contribution in [0.1, 0.15) is 39.2 Å². The van der Waals surface area contributed by atoms with Crippen molar-refractivity contribution in [3.8, 4) is 11.5 Å². The molecule has 22 heavy (non-hydrogen) atoms. The molecule has 1 aromatic carbocycles. The second-order valence-corrected chi connectivity index (χ2v) is 5.39. The van der Waals surface area contributed by atoms with Crippen LogP contribution in [-0.4, -0.2) is 11.1 Å². The number of hydrogen-bond donors (Lipinski definition) is 1. The normalized spacial score (nSPS) is 12.3. The zero-order valence-electron chi connectivity index (χ0n) is 13.0. The summed E-state index contributed by atoms with van der Waals surface area (Å²) in [5.74, 6) is -0.506. The number of aryl methyl sites for hydroxylation is 1. The summed E-state index contributed by atoms with van der Waals surface area (Å²) in [4.78, 5) is 23.5. The number of ether oxygens (including phenoxy) is 1. The van der Waals surface area contributed by atoms with E-state index in [-0.39, 0.29) is 29.0 Å². The van der Waals surface area contributed by atoms with E-state index in [0.717, 1.165) is 12.0 Å². The molecule has 118 valence electrons. The summed E-state index contributed by atoms with van der Waals surface area (Å²) in [5.41, 5.74) is 0.467. The number of esters is 1. The molecule has 1 atom stereocenters. The molecule has 5 heteroatoms. The van der Waals surface area contributed by atoms with Gasteiger partial charge in [0.15, 0.2) is 0 Å². The van der Waals surface area contributed by atoms with Gasteiger partial charge in [0.05, 0.1) is 11.3 Å². The van der Waals surface area contributed by atoms with Crippen molar-refractivity contribution in [3.05, 3.63) is 34.2 Å². The van der Waals surface area contributed by atoms with E-state index < -0.39 is 5.63 Å². The third kappa shape index (κ3) is 3.30. The van der Waals surface area contributed by atoms with E-state index >= 15 is 0 Å². The molecule has 2 rings (SSSR count). The summed E-state index contributed by atoms with van der Waals surface area (Å²) < 4.78 is 10.4. The molecule has 0 saturated heterocycles. The van der Waals surface area contributed by atoms with Gasteiger partial charge in [-0.05, 0) is 18.4 Å². The number of phenolic OH excluding ortho intramolecular Hbond substituents is 1. The summed E-state index contributed by atoms with van der Waals surface area (Å²) in [6.45, 7) is 5.64. The number of carbonyl (C=O) groups is 1. The Labute approximate surface area is 128 Å². The summed E-state index contributed by atoms with van der Waals surface area (Å²) in [7, 11) is 0. The molecular weight excluding hydrogens is 284 g/mol. The molecular formula is C17H20O5. The molecule has 0 aliphatic carbocycles. The number of carbonyl (C=O) groups excluding carboxylic acids is 1. The van der Waals surface area contributed by atoms with E-state index in [1.807, 2.05) is 13.8 Å². The second-order valence-electron chi connectivity index (χ2n) is 5.39. The number of benzene rings is 1. The van der Waals surface area contributed by atoms with Crippen molar-refractivity contribution in [1.29, 1.82) is 0 Å². The van der Waals surface area contributed by atoms with Crippen molar-refractivity contribution in [3.63, 3.8) is 0 Å². The van der Waals surface area contributed by atoms with Crippen LogP contribution in [0.4, 0.5) is 0 Å². The number of aromatic hydroxyl groups is 1. The lowest BCUT2D eigenvalue weighted by atomic mass is 10.0. The van der Waals surface area contributed by atoms with Crippen LogP contribution in [0.15, 0.2) is 27.4 Å².